The number of benzene rings is 2. The van der Waals surface area contributed by atoms with E-state index in [1.54, 1.807) is 41.7 Å². The van der Waals surface area contributed by atoms with Crippen molar-refractivity contribution in [2.24, 2.45) is 0 Å². The number of sulfonamides is 1. The minimum Gasteiger partial charge on any atom is -0.339 e. The molecule has 2 aliphatic heterocycles. The molecule has 0 unspecified atom stereocenters. The summed E-state index contributed by atoms with van der Waals surface area (Å²) in [6.45, 7) is 4.15. The monoisotopic (exact) mass is 495 g/mol. The SMILES string of the molecule is C[C@@H]1CN(C(=O)CN2CCc3sccc3[C@H]2c2ccccc2)CCN1S(=O)(=O)c1ccccc1. The van der Waals surface area contributed by atoms with Crippen LogP contribution in [0.2, 0.25) is 0 Å². The summed E-state index contributed by atoms with van der Waals surface area (Å²) in [6.07, 6.45) is 0.948. The number of carbonyl (C=O) groups is 1. The summed E-state index contributed by atoms with van der Waals surface area (Å²) in [4.78, 5) is 19.2. The second-order valence-corrected chi connectivity index (χ2v) is 11.8. The summed E-state index contributed by atoms with van der Waals surface area (Å²) < 4.78 is 27.7. The predicted molar refractivity (Wildman–Crippen MR) is 134 cm³/mol. The topological polar surface area (TPSA) is 60.9 Å². The second kappa shape index (κ2) is 9.62. The van der Waals surface area contributed by atoms with E-state index in [-0.39, 0.29) is 18.0 Å². The number of rotatable bonds is 5. The summed E-state index contributed by atoms with van der Waals surface area (Å²) >= 11 is 1.79. The Morgan fingerprint density at radius 3 is 2.38 bits per heavy atom. The van der Waals surface area contributed by atoms with Gasteiger partial charge in [-0.3, -0.25) is 9.69 Å². The molecule has 34 heavy (non-hydrogen) atoms. The lowest BCUT2D eigenvalue weighted by molar-refractivity contribution is -0.135. The molecule has 5 rings (SSSR count). The lowest BCUT2D eigenvalue weighted by atomic mass is 9.93. The van der Waals surface area contributed by atoms with Crippen molar-refractivity contribution in [2.45, 2.75) is 30.3 Å². The van der Waals surface area contributed by atoms with E-state index in [1.807, 2.05) is 30.0 Å². The molecule has 8 heteroatoms. The summed E-state index contributed by atoms with van der Waals surface area (Å²) in [5.41, 5.74) is 2.49. The molecule has 0 aliphatic carbocycles. The van der Waals surface area contributed by atoms with Crippen LogP contribution in [0, 0.1) is 0 Å². The Balaban J connectivity index is 1.30. The molecule has 3 aromatic rings. The van der Waals surface area contributed by atoms with Crippen LogP contribution in [0.1, 0.15) is 29.0 Å². The molecule has 2 aromatic carbocycles. The third-order valence-corrected chi connectivity index (χ3v) is 9.81. The van der Waals surface area contributed by atoms with Crippen LogP contribution in [0.4, 0.5) is 0 Å². The molecule has 1 aromatic heterocycles. The zero-order chi connectivity index (χ0) is 23.7. The smallest absolute Gasteiger partial charge is 0.243 e. The van der Waals surface area contributed by atoms with Crippen LogP contribution in [0.25, 0.3) is 0 Å². The molecule has 0 N–H and O–H groups in total. The maximum Gasteiger partial charge on any atom is 0.243 e. The van der Waals surface area contributed by atoms with Gasteiger partial charge in [0, 0.05) is 37.1 Å². The van der Waals surface area contributed by atoms with Gasteiger partial charge in [-0.2, -0.15) is 4.31 Å². The molecular weight excluding hydrogens is 466 g/mol. The maximum absolute atomic E-state index is 13.4. The van der Waals surface area contributed by atoms with Gasteiger partial charge in [0.15, 0.2) is 0 Å². The van der Waals surface area contributed by atoms with Gasteiger partial charge in [-0.1, -0.05) is 48.5 Å². The van der Waals surface area contributed by atoms with Crippen molar-refractivity contribution in [1.29, 1.82) is 0 Å². The Morgan fingerprint density at radius 2 is 1.68 bits per heavy atom. The zero-order valence-corrected chi connectivity index (χ0v) is 20.8. The molecular formula is C26H29N3O3S2. The number of carbonyl (C=O) groups excluding carboxylic acids is 1. The standard InChI is InChI=1S/C26H29N3O3S2/c1-20-18-27(15-16-29(20)34(31,32)22-10-6-3-7-11-22)25(30)19-28-14-12-24-23(13-17-33-24)26(28)21-8-4-2-5-9-21/h2-11,13,17,20,26H,12,14-16,18-19H2,1H3/t20-,26-/m1/s1. The van der Waals surface area contributed by atoms with Crippen molar-refractivity contribution in [3.63, 3.8) is 0 Å². The molecule has 0 bridgehead atoms. The number of piperazine rings is 1. The first kappa shape index (κ1) is 23.2. The lowest BCUT2D eigenvalue weighted by Gasteiger charge is -2.41. The van der Waals surface area contributed by atoms with E-state index >= 15 is 0 Å². The Kier molecular flexibility index (Phi) is 6.57. The van der Waals surface area contributed by atoms with E-state index in [9.17, 15) is 13.2 Å². The third-order valence-electron chi connectivity index (χ3n) is 6.79. The fraction of sp³-hybridized carbons (Fsp3) is 0.346. The van der Waals surface area contributed by atoms with Gasteiger partial charge >= 0.3 is 0 Å². The normalized spacial score (nSPS) is 21.9. The molecule has 1 saturated heterocycles. The Labute approximate surface area is 205 Å². The number of hydrogen-bond donors (Lipinski definition) is 0. The first-order valence-electron chi connectivity index (χ1n) is 11.6. The van der Waals surface area contributed by atoms with E-state index in [0.29, 0.717) is 31.1 Å². The van der Waals surface area contributed by atoms with Gasteiger partial charge in [-0.25, -0.2) is 8.42 Å². The molecule has 1 amide bonds. The highest BCUT2D eigenvalue weighted by molar-refractivity contribution is 7.89. The minimum absolute atomic E-state index is 0.0585. The molecule has 0 radical (unpaired) electrons. The largest absolute Gasteiger partial charge is 0.339 e. The number of nitrogens with zero attached hydrogens (tertiary/aromatic N) is 3. The molecule has 6 nitrogen and oxygen atoms in total. The van der Waals surface area contributed by atoms with Crippen molar-refractivity contribution in [3.05, 3.63) is 88.1 Å². The van der Waals surface area contributed by atoms with Gasteiger partial charge in [-0.05, 0) is 48.1 Å². The van der Waals surface area contributed by atoms with E-state index < -0.39 is 10.0 Å². The average Bonchev–Trinajstić information content (AvgIpc) is 3.33. The van der Waals surface area contributed by atoms with Crippen LogP contribution in [-0.2, 0) is 21.2 Å². The second-order valence-electron chi connectivity index (χ2n) is 8.95. The van der Waals surface area contributed by atoms with E-state index in [2.05, 4.69) is 28.5 Å². The number of amides is 1. The average molecular weight is 496 g/mol. The molecule has 1 fully saturated rings. The number of thiophene rings is 1. The lowest BCUT2D eigenvalue weighted by Crippen LogP contribution is -2.57. The van der Waals surface area contributed by atoms with Crippen LogP contribution in [0.3, 0.4) is 0 Å². The highest BCUT2D eigenvalue weighted by Crippen LogP contribution is 2.37. The highest BCUT2D eigenvalue weighted by atomic mass is 32.2. The summed E-state index contributed by atoms with van der Waals surface area (Å²) in [6, 6.07) is 20.9. The predicted octanol–water partition coefficient (Wildman–Crippen LogP) is 3.62. The van der Waals surface area contributed by atoms with Gasteiger partial charge < -0.3 is 4.90 Å². The molecule has 2 atom stereocenters. The van der Waals surface area contributed by atoms with E-state index in [1.165, 1.54) is 20.3 Å². The fourth-order valence-corrected chi connectivity index (χ4v) is 7.63. The molecule has 2 aliphatic rings. The highest BCUT2D eigenvalue weighted by Gasteiger charge is 2.37. The molecule has 0 saturated carbocycles. The third kappa shape index (κ3) is 4.43. The Bertz CT molecular complexity index is 1240. The summed E-state index contributed by atoms with van der Waals surface area (Å²) in [5.74, 6) is 0.0585. The van der Waals surface area contributed by atoms with Gasteiger partial charge in [0.05, 0.1) is 17.5 Å². The minimum atomic E-state index is -3.57. The number of hydrogen-bond acceptors (Lipinski definition) is 5. The van der Waals surface area contributed by atoms with Crippen LogP contribution in [0.15, 0.2) is 77.0 Å². The van der Waals surface area contributed by atoms with Crippen LogP contribution < -0.4 is 0 Å². The van der Waals surface area contributed by atoms with Crippen LogP contribution >= 0.6 is 11.3 Å². The molecule has 3 heterocycles. The zero-order valence-electron chi connectivity index (χ0n) is 19.2. The maximum atomic E-state index is 13.4. The van der Waals surface area contributed by atoms with Crippen molar-refractivity contribution in [3.8, 4) is 0 Å². The van der Waals surface area contributed by atoms with Gasteiger partial charge in [0.2, 0.25) is 15.9 Å². The summed E-state index contributed by atoms with van der Waals surface area (Å²) in [7, 11) is -3.57. The van der Waals surface area contributed by atoms with Crippen molar-refractivity contribution in [2.75, 3.05) is 32.7 Å². The van der Waals surface area contributed by atoms with Gasteiger partial charge in [-0.15, -0.1) is 11.3 Å². The first-order chi connectivity index (χ1) is 16.4. The van der Waals surface area contributed by atoms with E-state index in [4.69, 9.17) is 0 Å². The number of fused-ring (bicyclic) bond motifs is 1. The summed E-state index contributed by atoms with van der Waals surface area (Å²) in [5, 5.41) is 2.14. The molecule has 0 spiro atoms. The Morgan fingerprint density at radius 1 is 0.971 bits per heavy atom. The van der Waals surface area contributed by atoms with Crippen molar-refractivity contribution < 1.29 is 13.2 Å². The fourth-order valence-electron chi connectivity index (χ4n) is 5.09. The van der Waals surface area contributed by atoms with Gasteiger partial charge in [0.25, 0.3) is 0 Å². The van der Waals surface area contributed by atoms with Gasteiger partial charge in [0.1, 0.15) is 0 Å². The Hall–Kier alpha value is -2.52. The van der Waals surface area contributed by atoms with Crippen molar-refractivity contribution >= 4 is 27.3 Å². The van der Waals surface area contributed by atoms with Crippen LogP contribution in [0.5, 0.6) is 0 Å². The van der Waals surface area contributed by atoms with Crippen LogP contribution in [-0.4, -0.2) is 67.2 Å². The quantitative estimate of drug-likeness (QED) is 0.543. The first-order valence-corrected chi connectivity index (χ1v) is 14.0. The van der Waals surface area contributed by atoms with E-state index in [0.717, 1.165) is 13.0 Å². The van der Waals surface area contributed by atoms with Crippen molar-refractivity contribution in [1.82, 2.24) is 14.1 Å². The molecule has 178 valence electrons.